The van der Waals surface area contributed by atoms with Crippen molar-refractivity contribution >= 4 is 5.78 Å². The summed E-state index contributed by atoms with van der Waals surface area (Å²) >= 11 is 0. The van der Waals surface area contributed by atoms with Gasteiger partial charge < -0.3 is 4.74 Å². The molecule has 0 spiro atoms. The van der Waals surface area contributed by atoms with Crippen LogP contribution in [0.1, 0.15) is 53.4 Å². The second kappa shape index (κ2) is 4.20. The van der Waals surface area contributed by atoms with E-state index in [-0.39, 0.29) is 23.0 Å². The van der Waals surface area contributed by atoms with Crippen molar-refractivity contribution in [3.05, 3.63) is 11.6 Å². The second-order valence-electron chi connectivity index (χ2n) is 8.56. The van der Waals surface area contributed by atoms with Gasteiger partial charge in [0.2, 0.25) is 0 Å². The molecule has 3 nitrogen and oxygen atoms in total. The van der Waals surface area contributed by atoms with Gasteiger partial charge in [-0.1, -0.05) is 20.3 Å². The van der Waals surface area contributed by atoms with Crippen molar-refractivity contribution in [3.8, 4) is 0 Å². The Morgan fingerprint density at radius 3 is 2.81 bits per heavy atom. The molecule has 3 fully saturated rings. The molecule has 2 saturated heterocycles. The molecule has 3 heteroatoms. The largest absolute Gasteiger partial charge is 0.359 e. The summed E-state index contributed by atoms with van der Waals surface area (Å²) in [6, 6.07) is 0. The van der Waals surface area contributed by atoms with Crippen LogP contribution >= 0.6 is 0 Å². The Bertz CT molecular complexity index is 523. The molecule has 5 atom stereocenters. The molecule has 0 unspecified atom stereocenters. The zero-order chi connectivity index (χ0) is 15.0. The van der Waals surface area contributed by atoms with E-state index in [0.29, 0.717) is 18.4 Å². The van der Waals surface area contributed by atoms with Crippen LogP contribution in [-0.4, -0.2) is 35.1 Å². The summed E-state index contributed by atoms with van der Waals surface area (Å²) in [4.78, 5) is 14.4. The van der Waals surface area contributed by atoms with E-state index in [9.17, 15) is 4.79 Å². The van der Waals surface area contributed by atoms with E-state index < -0.39 is 0 Å². The quantitative estimate of drug-likeness (QED) is 0.686. The lowest BCUT2D eigenvalue weighted by atomic mass is 9.69. The highest BCUT2D eigenvalue weighted by Crippen LogP contribution is 2.56. The van der Waals surface area contributed by atoms with Gasteiger partial charge in [-0.3, -0.25) is 9.69 Å². The molecule has 4 rings (SSSR count). The van der Waals surface area contributed by atoms with Crippen molar-refractivity contribution in [2.45, 2.75) is 71.2 Å². The fourth-order valence-corrected chi connectivity index (χ4v) is 5.36. The molecule has 0 aromatic heterocycles. The minimum absolute atomic E-state index is 0.0833. The van der Waals surface area contributed by atoms with Gasteiger partial charge in [0, 0.05) is 29.8 Å². The van der Waals surface area contributed by atoms with Crippen LogP contribution < -0.4 is 0 Å². The van der Waals surface area contributed by atoms with Gasteiger partial charge in [0.1, 0.15) is 6.23 Å². The highest BCUT2D eigenvalue weighted by Gasteiger charge is 2.61. The Hall–Kier alpha value is -0.670. The Balaban J connectivity index is 1.72. The average molecular weight is 289 g/mol. The van der Waals surface area contributed by atoms with Gasteiger partial charge in [-0.05, 0) is 44.3 Å². The van der Waals surface area contributed by atoms with Gasteiger partial charge in [-0.25, -0.2) is 0 Å². The van der Waals surface area contributed by atoms with Gasteiger partial charge in [-0.2, -0.15) is 0 Å². The van der Waals surface area contributed by atoms with Crippen LogP contribution in [-0.2, 0) is 9.53 Å². The van der Waals surface area contributed by atoms with Crippen molar-refractivity contribution in [2.24, 2.45) is 17.3 Å². The Kier molecular flexibility index (Phi) is 2.79. The molecule has 1 saturated carbocycles. The molecule has 2 aliphatic carbocycles. The maximum absolute atomic E-state index is 11.9. The minimum Gasteiger partial charge on any atom is -0.359 e. The number of carbonyl (C=O) groups is 1. The van der Waals surface area contributed by atoms with Crippen LogP contribution in [0.2, 0.25) is 0 Å². The van der Waals surface area contributed by atoms with E-state index in [1.165, 1.54) is 24.8 Å². The molecular formula is C18H27NO2. The van der Waals surface area contributed by atoms with Gasteiger partial charge in [0.05, 0.1) is 6.10 Å². The van der Waals surface area contributed by atoms with Crippen molar-refractivity contribution < 1.29 is 9.53 Å². The zero-order valence-electron chi connectivity index (χ0n) is 13.7. The molecule has 0 radical (unpaired) electrons. The third kappa shape index (κ3) is 1.77. The van der Waals surface area contributed by atoms with Crippen molar-refractivity contribution in [3.63, 3.8) is 0 Å². The summed E-state index contributed by atoms with van der Waals surface area (Å²) in [5.74, 6) is 1.68. The predicted molar refractivity (Wildman–Crippen MR) is 81.8 cm³/mol. The number of nitrogens with zero attached hydrogens (tertiary/aromatic N) is 1. The molecule has 2 aliphatic heterocycles. The second-order valence-corrected chi connectivity index (χ2v) is 8.56. The maximum atomic E-state index is 11.9. The Morgan fingerprint density at radius 2 is 2.05 bits per heavy atom. The number of hydrogen-bond acceptors (Lipinski definition) is 3. The molecule has 0 bridgehead atoms. The van der Waals surface area contributed by atoms with Gasteiger partial charge in [-0.15, -0.1) is 0 Å². The summed E-state index contributed by atoms with van der Waals surface area (Å²) in [6.45, 7) is 10.3. The van der Waals surface area contributed by atoms with Crippen LogP contribution in [0.4, 0.5) is 0 Å². The first kappa shape index (κ1) is 14.0. The predicted octanol–water partition coefficient (Wildman–Crippen LogP) is 3.15. The van der Waals surface area contributed by atoms with Crippen LogP contribution in [0.5, 0.6) is 0 Å². The van der Waals surface area contributed by atoms with E-state index in [2.05, 4.69) is 32.6 Å². The van der Waals surface area contributed by atoms with Gasteiger partial charge in [0.15, 0.2) is 5.78 Å². The number of allylic oxidation sites excluding steroid dienone is 1. The zero-order valence-corrected chi connectivity index (χ0v) is 13.7. The highest BCUT2D eigenvalue weighted by molar-refractivity contribution is 5.94. The molecule has 0 N–H and O–H groups in total. The Labute approximate surface area is 127 Å². The van der Waals surface area contributed by atoms with E-state index in [1.807, 2.05) is 6.08 Å². The van der Waals surface area contributed by atoms with Crippen molar-refractivity contribution in [2.75, 3.05) is 6.54 Å². The fraction of sp³-hybridized carbons (Fsp3) is 0.833. The summed E-state index contributed by atoms with van der Waals surface area (Å²) < 4.78 is 6.62. The van der Waals surface area contributed by atoms with Crippen LogP contribution in [0, 0.1) is 17.3 Å². The smallest absolute Gasteiger partial charge is 0.156 e. The first-order valence-electron chi connectivity index (χ1n) is 8.48. The molecule has 2 heterocycles. The molecule has 0 amide bonds. The SMILES string of the molecule is C[C@@H]1CC[C@@H]2[C@@H](C1)O[C@@H]1N(CC3=CC(=O)C[C@@]31C)C2(C)C. The summed E-state index contributed by atoms with van der Waals surface area (Å²) in [7, 11) is 0. The molecule has 0 aromatic carbocycles. The normalized spacial score (nSPS) is 48.6. The third-order valence-electron chi connectivity index (χ3n) is 6.78. The van der Waals surface area contributed by atoms with Gasteiger partial charge >= 0.3 is 0 Å². The van der Waals surface area contributed by atoms with Crippen LogP contribution in [0.3, 0.4) is 0 Å². The lowest BCUT2D eigenvalue weighted by Crippen LogP contribution is -2.64. The number of ether oxygens (including phenoxy) is 1. The topological polar surface area (TPSA) is 29.5 Å². The van der Waals surface area contributed by atoms with Gasteiger partial charge in [0.25, 0.3) is 0 Å². The molecule has 4 aliphatic rings. The van der Waals surface area contributed by atoms with Crippen LogP contribution in [0.15, 0.2) is 11.6 Å². The number of fused-ring (bicyclic) bond motifs is 4. The standard InChI is InChI=1S/C18H27NO2/c1-11-5-6-14-15(7-11)21-16-18(4)9-13(20)8-12(18)10-19(16)17(14,2)3/h8,11,14-16H,5-7,9-10H2,1-4H3/t11-,14-,15-,16+,18+/m1/s1. The molecule has 116 valence electrons. The Morgan fingerprint density at radius 1 is 1.29 bits per heavy atom. The average Bonchev–Trinajstić information content (AvgIpc) is 2.80. The molecular weight excluding hydrogens is 262 g/mol. The van der Waals surface area contributed by atoms with E-state index in [0.717, 1.165) is 12.5 Å². The number of rotatable bonds is 0. The highest BCUT2D eigenvalue weighted by atomic mass is 16.5. The first-order chi connectivity index (χ1) is 9.82. The molecule has 21 heavy (non-hydrogen) atoms. The summed E-state index contributed by atoms with van der Waals surface area (Å²) in [5, 5.41) is 0. The van der Waals surface area contributed by atoms with E-state index >= 15 is 0 Å². The van der Waals surface area contributed by atoms with Crippen molar-refractivity contribution in [1.82, 2.24) is 4.90 Å². The number of carbonyl (C=O) groups excluding carboxylic acids is 1. The summed E-state index contributed by atoms with van der Waals surface area (Å²) in [5.41, 5.74) is 1.39. The first-order valence-corrected chi connectivity index (χ1v) is 8.48. The fourth-order valence-electron chi connectivity index (χ4n) is 5.36. The minimum atomic E-state index is -0.0833. The van der Waals surface area contributed by atoms with Crippen molar-refractivity contribution in [1.29, 1.82) is 0 Å². The molecule has 0 aromatic rings. The van der Waals surface area contributed by atoms with E-state index in [4.69, 9.17) is 4.74 Å². The maximum Gasteiger partial charge on any atom is 0.156 e. The number of hydrogen-bond donors (Lipinski definition) is 0. The number of ketones is 1. The van der Waals surface area contributed by atoms with Crippen LogP contribution in [0.25, 0.3) is 0 Å². The summed E-state index contributed by atoms with van der Waals surface area (Å²) in [6.07, 6.45) is 6.77. The monoisotopic (exact) mass is 289 g/mol. The third-order valence-corrected chi connectivity index (χ3v) is 6.78. The van der Waals surface area contributed by atoms with E-state index in [1.54, 1.807) is 0 Å². The lowest BCUT2D eigenvalue weighted by molar-refractivity contribution is -0.241. The lowest BCUT2D eigenvalue weighted by Gasteiger charge is -2.57.